The summed E-state index contributed by atoms with van der Waals surface area (Å²) < 4.78 is 5.23. The lowest BCUT2D eigenvalue weighted by atomic mass is 9.79. The maximum absolute atomic E-state index is 11.6. The van der Waals surface area contributed by atoms with Gasteiger partial charge in [0.25, 0.3) is 0 Å². The van der Waals surface area contributed by atoms with Gasteiger partial charge in [-0.15, -0.1) is 0 Å². The molecular formula is C12H23NO2. The van der Waals surface area contributed by atoms with E-state index in [0.29, 0.717) is 13.0 Å². The van der Waals surface area contributed by atoms with Crippen molar-refractivity contribution in [3.63, 3.8) is 0 Å². The van der Waals surface area contributed by atoms with Crippen LogP contribution in [0.1, 0.15) is 51.9 Å². The number of ether oxygens (including phenoxy) is 1. The van der Waals surface area contributed by atoms with Gasteiger partial charge in [0.15, 0.2) is 5.78 Å². The van der Waals surface area contributed by atoms with E-state index in [1.54, 1.807) is 0 Å². The van der Waals surface area contributed by atoms with E-state index in [0.717, 1.165) is 19.3 Å². The molecule has 0 bridgehead atoms. The van der Waals surface area contributed by atoms with Crippen LogP contribution in [0, 0.1) is 0 Å². The van der Waals surface area contributed by atoms with Crippen LogP contribution in [0.3, 0.4) is 0 Å². The van der Waals surface area contributed by atoms with Gasteiger partial charge >= 0.3 is 0 Å². The van der Waals surface area contributed by atoms with Crippen LogP contribution in [0.5, 0.6) is 0 Å². The van der Waals surface area contributed by atoms with Crippen molar-refractivity contribution in [2.24, 2.45) is 5.73 Å². The Morgan fingerprint density at radius 2 is 2.00 bits per heavy atom. The van der Waals surface area contributed by atoms with Crippen LogP contribution in [-0.2, 0) is 9.53 Å². The van der Waals surface area contributed by atoms with Gasteiger partial charge in [0.2, 0.25) is 0 Å². The maximum atomic E-state index is 11.6. The fraction of sp³-hybridized carbons (Fsp3) is 0.917. The van der Waals surface area contributed by atoms with Crippen molar-refractivity contribution < 1.29 is 9.53 Å². The number of hydrogen-bond acceptors (Lipinski definition) is 3. The van der Waals surface area contributed by atoms with E-state index < -0.39 is 0 Å². The van der Waals surface area contributed by atoms with Gasteiger partial charge in [-0.1, -0.05) is 26.2 Å². The van der Waals surface area contributed by atoms with Crippen molar-refractivity contribution in [1.82, 2.24) is 0 Å². The minimum Gasteiger partial charge on any atom is -0.374 e. The van der Waals surface area contributed by atoms with Gasteiger partial charge in [0.1, 0.15) is 6.61 Å². The first-order valence-corrected chi connectivity index (χ1v) is 6.05. The van der Waals surface area contributed by atoms with E-state index in [-0.39, 0.29) is 17.9 Å². The Labute approximate surface area is 92.4 Å². The predicted octanol–water partition coefficient (Wildman–Crippen LogP) is 2.03. The molecule has 0 radical (unpaired) electrons. The largest absolute Gasteiger partial charge is 0.374 e. The third-order valence-corrected chi connectivity index (χ3v) is 3.01. The van der Waals surface area contributed by atoms with Crippen LogP contribution in [-0.4, -0.2) is 24.5 Å². The molecule has 88 valence electrons. The highest BCUT2D eigenvalue weighted by atomic mass is 16.5. The molecule has 0 saturated heterocycles. The topological polar surface area (TPSA) is 52.3 Å². The molecule has 0 aromatic rings. The predicted molar refractivity (Wildman–Crippen MR) is 60.7 cm³/mol. The second kappa shape index (κ2) is 6.23. The summed E-state index contributed by atoms with van der Waals surface area (Å²) in [7, 11) is 0. The SMILES string of the molecule is CCCOCC(=O)CC1(N)CCCCC1. The first-order chi connectivity index (χ1) is 7.16. The van der Waals surface area contributed by atoms with Crippen molar-refractivity contribution in [2.45, 2.75) is 57.4 Å². The highest BCUT2D eigenvalue weighted by Crippen LogP contribution is 2.28. The minimum atomic E-state index is -0.231. The van der Waals surface area contributed by atoms with Crippen molar-refractivity contribution in [3.05, 3.63) is 0 Å². The number of carbonyl (C=O) groups is 1. The number of hydrogen-bond donors (Lipinski definition) is 1. The molecule has 0 spiro atoms. The number of ketones is 1. The van der Waals surface area contributed by atoms with Crippen LogP contribution in [0.15, 0.2) is 0 Å². The molecule has 0 amide bonds. The molecule has 0 aliphatic heterocycles. The summed E-state index contributed by atoms with van der Waals surface area (Å²) in [5.41, 5.74) is 5.96. The second-order valence-corrected chi connectivity index (χ2v) is 4.69. The van der Waals surface area contributed by atoms with E-state index in [1.165, 1.54) is 19.3 Å². The Kier molecular flexibility index (Phi) is 5.26. The average Bonchev–Trinajstić information content (AvgIpc) is 2.18. The summed E-state index contributed by atoms with van der Waals surface area (Å²) >= 11 is 0. The molecule has 3 nitrogen and oxygen atoms in total. The Balaban J connectivity index is 2.23. The van der Waals surface area contributed by atoms with Gasteiger partial charge in [-0.3, -0.25) is 4.79 Å². The summed E-state index contributed by atoms with van der Waals surface area (Å²) in [6.45, 7) is 2.95. The minimum absolute atomic E-state index is 0.160. The van der Waals surface area contributed by atoms with Crippen molar-refractivity contribution in [2.75, 3.05) is 13.2 Å². The number of rotatable bonds is 6. The smallest absolute Gasteiger partial charge is 0.160 e. The Morgan fingerprint density at radius 3 is 2.60 bits per heavy atom. The van der Waals surface area contributed by atoms with Crippen molar-refractivity contribution >= 4 is 5.78 Å². The zero-order valence-electron chi connectivity index (χ0n) is 9.76. The van der Waals surface area contributed by atoms with Crippen LogP contribution in [0.4, 0.5) is 0 Å². The van der Waals surface area contributed by atoms with E-state index in [4.69, 9.17) is 10.5 Å². The molecule has 0 heterocycles. The van der Waals surface area contributed by atoms with E-state index in [2.05, 4.69) is 0 Å². The summed E-state index contributed by atoms with van der Waals surface area (Å²) in [6, 6.07) is 0. The molecule has 2 N–H and O–H groups in total. The van der Waals surface area contributed by atoms with Crippen LogP contribution in [0.25, 0.3) is 0 Å². The molecule has 1 aliphatic rings. The Morgan fingerprint density at radius 1 is 1.33 bits per heavy atom. The highest BCUT2D eigenvalue weighted by molar-refractivity contribution is 5.80. The normalized spacial score (nSPS) is 20.1. The summed E-state index contributed by atoms with van der Waals surface area (Å²) in [5.74, 6) is 0.160. The van der Waals surface area contributed by atoms with Crippen molar-refractivity contribution in [3.8, 4) is 0 Å². The van der Waals surface area contributed by atoms with Crippen LogP contribution in [0.2, 0.25) is 0 Å². The van der Waals surface area contributed by atoms with Crippen LogP contribution < -0.4 is 5.73 Å². The molecule has 1 rings (SSSR count). The summed E-state index contributed by atoms with van der Waals surface area (Å²) in [5, 5.41) is 0. The lowest BCUT2D eigenvalue weighted by Crippen LogP contribution is -2.44. The second-order valence-electron chi connectivity index (χ2n) is 4.69. The standard InChI is InChI=1S/C12H23NO2/c1-2-8-15-10-11(14)9-12(13)6-4-3-5-7-12/h2-10,13H2,1H3. The number of nitrogens with two attached hydrogens (primary N) is 1. The van der Waals surface area contributed by atoms with E-state index >= 15 is 0 Å². The molecule has 0 aromatic carbocycles. The Bertz CT molecular complexity index is 198. The van der Waals surface area contributed by atoms with E-state index in [1.807, 2.05) is 6.92 Å². The maximum Gasteiger partial charge on any atom is 0.160 e. The molecule has 0 unspecified atom stereocenters. The molecule has 1 aliphatic carbocycles. The third kappa shape index (κ3) is 4.76. The number of Topliss-reactive ketones (excluding diaryl/α,β-unsaturated/α-hetero) is 1. The first kappa shape index (κ1) is 12.7. The third-order valence-electron chi connectivity index (χ3n) is 3.01. The van der Waals surface area contributed by atoms with Gasteiger partial charge in [-0.2, -0.15) is 0 Å². The fourth-order valence-corrected chi connectivity index (χ4v) is 2.21. The zero-order chi connectivity index (χ0) is 11.1. The van der Waals surface area contributed by atoms with Gasteiger partial charge in [0.05, 0.1) is 0 Å². The summed E-state index contributed by atoms with van der Waals surface area (Å²) in [6.07, 6.45) is 7.04. The highest BCUT2D eigenvalue weighted by Gasteiger charge is 2.29. The molecule has 1 saturated carbocycles. The first-order valence-electron chi connectivity index (χ1n) is 6.05. The molecule has 3 heteroatoms. The van der Waals surface area contributed by atoms with Gasteiger partial charge < -0.3 is 10.5 Å². The fourth-order valence-electron chi connectivity index (χ4n) is 2.21. The van der Waals surface area contributed by atoms with Crippen molar-refractivity contribution in [1.29, 1.82) is 0 Å². The van der Waals surface area contributed by atoms with Gasteiger partial charge in [-0.05, 0) is 19.3 Å². The molecule has 0 aromatic heterocycles. The quantitative estimate of drug-likeness (QED) is 0.687. The van der Waals surface area contributed by atoms with Crippen LogP contribution >= 0.6 is 0 Å². The molecule has 15 heavy (non-hydrogen) atoms. The average molecular weight is 213 g/mol. The lowest BCUT2D eigenvalue weighted by Gasteiger charge is -2.32. The van der Waals surface area contributed by atoms with Gasteiger partial charge in [-0.25, -0.2) is 0 Å². The molecule has 1 fully saturated rings. The molecule has 0 atom stereocenters. The number of carbonyl (C=O) groups excluding carboxylic acids is 1. The summed E-state index contributed by atoms with van der Waals surface area (Å²) in [4.78, 5) is 11.6. The lowest BCUT2D eigenvalue weighted by molar-refractivity contribution is -0.125. The van der Waals surface area contributed by atoms with E-state index in [9.17, 15) is 4.79 Å². The molecular weight excluding hydrogens is 190 g/mol. The Hall–Kier alpha value is -0.410. The monoisotopic (exact) mass is 213 g/mol. The van der Waals surface area contributed by atoms with Gasteiger partial charge in [0, 0.05) is 18.6 Å². The zero-order valence-corrected chi connectivity index (χ0v) is 9.76.